The van der Waals surface area contributed by atoms with Gasteiger partial charge in [0.15, 0.2) is 0 Å². The van der Waals surface area contributed by atoms with Crippen molar-refractivity contribution in [3.63, 3.8) is 0 Å². The molecule has 2 aliphatic carbocycles. The van der Waals surface area contributed by atoms with Crippen LogP contribution in [-0.4, -0.2) is 34.9 Å². The monoisotopic (exact) mass is 279 g/mol. The van der Waals surface area contributed by atoms with Crippen LogP contribution in [0, 0.1) is 17.8 Å². The molecule has 1 saturated carbocycles. The van der Waals surface area contributed by atoms with Crippen molar-refractivity contribution in [3.05, 3.63) is 12.2 Å². The number of hydrazine groups is 1. The normalized spacial score (nSPS) is 49.8. The Hall–Kier alpha value is -0.420. The zero-order valence-corrected chi connectivity index (χ0v) is 13.1. The second-order valence-corrected chi connectivity index (χ2v) is 7.58. The van der Waals surface area contributed by atoms with Crippen molar-refractivity contribution in [2.24, 2.45) is 17.8 Å². The van der Waals surface area contributed by atoms with Crippen LogP contribution in [0.5, 0.6) is 0 Å². The summed E-state index contributed by atoms with van der Waals surface area (Å²) in [5, 5.41) is 13.5. The number of nitrogens with one attached hydrogen (secondary N) is 3. The molecule has 0 aromatic rings. The van der Waals surface area contributed by atoms with E-state index in [0.717, 1.165) is 12.8 Å². The van der Waals surface area contributed by atoms with Gasteiger partial charge in [0, 0.05) is 30.1 Å². The summed E-state index contributed by atoms with van der Waals surface area (Å²) in [6.45, 7) is 8.82. The number of hydrogen-bond acceptors (Lipinski definition) is 4. The fourth-order valence-corrected chi connectivity index (χ4v) is 3.93. The SMILES string of the molecule is CC1C=C[C@@H]1[C@@H]1NN[C@@H]1[C@@H](C)[C@@H](C)N[C@H]1C[C@@](C)(O)C1. The molecular formula is C16H29N3O. The second kappa shape index (κ2) is 5.09. The zero-order valence-electron chi connectivity index (χ0n) is 13.1. The van der Waals surface area contributed by atoms with E-state index in [1.165, 1.54) is 0 Å². The molecule has 1 saturated heterocycles. The number of aliphatic hydroxyl groups is 1. The van der Waals surface area contributed by atoms with E-state index in [9.17, 15) is 5.11 Å². The van der Waals surface area contributed by atoms with Gasteiger partial charge in [-0.1, -0.05) is 26.0 Å². The van der Waals surface area contributed by atoms with Crippen LogP contribution in [0.15, 0.2) is 12.2 Å². The minimum atomic E-state index is -0.439. The summed E-state index contributed by atoms with van der Waals surface area (Å²) in [6, 6.07) is 2.06. The third-order valence-corrected chi connectivity index (χ3v) is 5.69. The lowest BCUT2D eigenvalue weighted by Gasteiger charge is -2.51. The maximum absolute atomic E-state index is 9.82. The van der Waals surface area contributed by atoms with E-state index in [1.807, 2.05) is 6.92 Å². The molecule has 0 bridgehead atoms. The minimum Gasteiger partial charge on any atom is -0.390 e. The van der Waals surface area contributed by atoms with E-state index in [4.69, 9.17) is 0 Å². The smallest absolute Gasteiger partial charge is 0.0649 e. The van der Waals surface area contributed by atoms with E-state index in [-0.39, 0.29) is 0 Å². The highest BCUT2D eigenvalue weighted by molar-refractivity contribution is 5.16. The maximum Gasteiger partial charge on any atom is 0.0649 e. The highest BCUT2D eigenvalue weighted by Crippen LogP contribution is 2.35. The Labute approximate surface area is 122 Å². The minimum absolute atomic E-state index is 0.439. The predicted octanol–water partition coefficient (Wildman–Crippen LogP) is 1.18. The quantitative estimate of drug-likeness (QED) is 0.571. The first-order valence-corrected chi connectivity index (χ1v) is 8.05. The van der Waals surface area contributed by atoms with Crippen LogP contribution in [0.3, 0.4) is 0 Å². The number of rotatable bonds is 5. The summed E-state index contributed by atoms with van der Waals surface area (Å²) in [6.07, 6.45) is 6.40. The van der Waals surface area contributed by atoms with Gasteiger partial charge in [-0.3, -0.25) is 10.9 Å². The molecule has 4 nitrogen and oxygen atoms in total. The molecule has 3 rings (SSSR count). The Bertz CT molecular complexity index is 387. The summed E-state index contributed by atoms with van der Waals surface area (Å²) in [5.74, 6) is 1.96. The molecule has 114 valence electrons. The van der Waals surface area contributed by atoms with Crippen molar-refractivity contribution in [3.8, 4) is 0 Å². The van der Waals surface area contributed by atoms with Crippen molar-refractivity contribution in [1.29, 1.82) is 0 Å². The van der Waals surface area contributed by atoms with Crippen LogP contribution in [0.1, 0.15) is 40.5 Å². The first-order chi connectivity index (χ1) is 9.37. The lowest BCUT2D eigenvalue weighted by molar-refractivity contribution is -0.0447. The molecule has 0 aromatic heterocycles. The molecule has 1 heterocycles. The van der Waals surface area contributed by atoms with Gasteiger partial charge in [0.25, 0.3) is 0 Å². The Morgan fingerprint density at radius 2 is 1.95 bits per heavy atom. The lowest BCUT2D eigenvalue weighted by Crippen LogP contribution is -2.74. The van der Waals surface area contributed by atoms with Gasteiger partial charge in [-0.15, -0.1) is 0 Å². The van der Waals surface area contributed by atoms with Crippen LogP contribution in [0.2, 0.25) is 0 Å². The van der Waals surface area contributed by atoms with Crippen molar-refractivity contribution < 1.29 is 5.11 Å². The van der Waals surface area contributed by atoms with Crippen LogP contribution < -0.4 is 16.2 Å². The van der Waals surface area contributed by atoms with Gasteiger partial charge in [-0.2, -0.15) is 0 Å². The standard InChI is InChI=1S/C16H29N3O/c1-9-5-6-13(9)15-14(18-19-15)10(2)11(3)17-12-7-16(4,20)8-12/h5-6,9-15,17-20H,7-8H2,1-4H3/t9?,10-,11+,12-,13-,14+,15-,16+/m0/s1. The molecule has 0 aromatic carbocycles. The van der Waals surface area contributed by atoms with E-state index >= 15 is 0 Å². The van der Waals surface area contributed by atoms with Crippen LogP contribution in [-0.2, 0) is 0 Å². The molecule has 4 N–H and O–H groups in total. The third kappa shape index (κ3) is 2.54. The summed E-state index contributed by atoms with van der Waals surface area (Å²) >= 11 is 0. The molecule has 1 aliphatic heterocycles. The molecule has 6 atom stereocenters. The number of allylic oxidation sites excluding steroid dienone is 1. The van der Waals surface area contributed by atoms with Crippen LogP contribution in [0.4, 0.5) is 0 Å². The van der Waals surface area contributed by atoms with E-state index in [2.05, 4.69) is 49.1 Å². The largest absolute Gasteiger partial charge is 0.390 e. The number of hydrogen-bond donors (Lipinski definition) is 4. The Morgan fingerprint density at radius 1 is 1.25 bits per heavy atom. The van der Waals surface area contributed by atoms with Crippen molar-refractivity contribution in [2.75, 3.05) is 0 Å². The zero-order chi connectivity index (χ0) is 14.5. The van der Waals surface area contributed by atoms with E-state index in [0.29, 0.717) is 41.9 Å². The van der Waals surface area contributed by atoms with Crippen molar-refractivity contribution >= 4 is 0 Å². The highest BCUT2D eigenvalue weighted by atomic mass is 16.3. The topological polar surface area (TPSA) is 56.3 Å². The fraction of sp³-hybridized carbons (Fsp3) is 0.875. The van der Waals surface area contributed by atoms with Gasteiger partial charge in [0.05, 0.1) is 5.60 Å². The molecular weight excluding hydrogens is 250 g/mol. The average molecular weight is 279 g/mol. The summed E-state index contributed by atoms with van der Waals surface area (Å²) in [5.41, 5.74) is 6.35. The Morgan fingerprint density at radius 3 is 2.35 bits per heavy atom. The van der Waals surface area contributed by atoms with Crippen molar-refractivity contribution in [1.82, 2.24) is 16.2 Å². The lowest BCUT2D eigenvalue weighted by atomic mass is 9.71. The molecule has 20 heavy (non-hydrogen) atoms. The Kier molecular flexibility index (Phi) is 3.70. The van der Waals surface area contributed by atoms with Gasteiger partial charge < -0.3 is 10.4 Å². The van der Waals surface area contributed by atoms with Crippen molar-refractivity contribution in [2.45, 2.75) is 70.3 Å². The summed E-state index contributed by atoms with van der Waals surface area (Å²) in [7, 11) is 0. The molecule has 0 amide bonds. The van der Waals surface area contributed by atoms with Gasteiger partial charge in [0.2, 0.25) is 0 Å². The predicted molar refractivity (Wildman–Crippen MR) is 81.0 cm³/mol. The first kappa shape index (κ1) is 14.5. The molecule has 0 spiro atoms. The van der Waals surface area contributed by atoms with Crippen LogP contribution >= 0.6 is 0 Å². The average Bonchev–Trinajstić information content (AvgIpc) is 2.29. The van der Waals surface area contributed by atoms with Gasteiger partial charge in [-0.05, 0) is 38.5 Å². The molecule has 3 aliphatic rings. The second-order valence-electron chi connectivity index (χ2n) is 7.58. The highest BCUT2D eigenvalue weighted by Gasteiger charge is 2.45. The summed E-state index contributed by atoms with van der Waals surface area (Å²) < 4.78 is 0. The molecule has 2 fully saturated rings. The molecule has 1 unspecified atom stereocenters. The Balaban J connectivity index is 1.48. The van der Waals surface area contributed by atoms with Gasteiger partial charge in [-0.25, -0.2) is 0 Å². The van der Waals surface area contributed by atoms with Crippen LogP contribution in [0.25, 0.3) is 0 Å². The van der Waals surface area contributed by atoms with E-state index < -0.39 is 5.60 Å². The van der Waals surface area contributed by atoms with Gasteiger partial charge in [0.1, 0.15) is 0 Å². The van der Waals surface area contributed by atoms with Gasteiger partial charge >= 0.3 is 0 Å². The first-order valence-electron chi connectivity index (χ1n) is 8.05. The van der Waals surface area contributed by atoms with E-state index in [1.54, 1.807) is 0 Å². The molecule has 4 heteroatoms. The molecule has 0 radical (unpaired) electrons. The summed E-state index contributed by atoms with van der Waals surface area (Å²) in [4.78, 5) is 0. The maximum atomic E-state index is 9.82. The third-order valence-electron chi connectivity index (χ3n) is 5.69. The fourth-order valence-electron chi connectivity index (χ4n) is 3.93.